The Morgan fingerprint density at radius 1 is 1.17 bits per heavy atom. The summed E-state index contributed by atoms with van der Waals surface area (Å²) in [6, 6.07) is 0. The number of carbonyl (C=O) groups excluding carboxylic acids is 2. The Morgan fingerprint density at radius 3 is 2.28 bits per heavy atom. The van der Waals surface area contributed by atoms with Crippen LogP contribution in [0.1, 0.15) is 19.8 Å². The normalized spacial score (nSPS) is 11.3. The smallest absolute Gasteiger partial charge is 0.307 e. The van der Waals surface area contributed by atoms with Crippen LogP contribution in [0.4, 0.5) is 0 Å². The van der Waals surface area contributed by atoms with Crippen LogP contribution < -0.4 is 0 Å². The molecule has 0 aromatic rings. The van der Waals surface area contributed by atoms with Crippen molar-refractivity contribution in [2.75, 3.05) is 33.1 Å². The maximum atomic E-state index is 11.7. The van der Waals surface area contributed by atoms with Crippen molar-refractivity contribution in [2.45, 2.75) is 19.8 Å². The van der Waals surface area contributed by atoms with Crippen molar-refractivity contribution >= 4 is 22.0 Å². The van der Waals surface area contributed by atoms with Crippen LogP contribution in [0.5, 0.6) is 0 Å². The highest BCUT2D eigenvalue weighted by molar-refractivity contribution is 7.89. The first-order chi connectivity index (χ1) is 8.33. The molecule has 0 N–H and O–H groups in total. The Bertz CT molecular complexity index is 378. The Balaban J connectivity index is 4.18. The van der Waals surface area contributed by atoms with Crippen LogP contribution in [0.25, 0.3) is 0 Å². The highest BCUT2D eigenvalue weighted by Crippen LogP contribution is 2.03. The summed E-state index contributed by atoms with van der Waals surface area (Å²) in [6.45, 7) is 1.97. The van der Waals surface area contributed by atoms with E-state index >= 15 is 0 Å². The third kappa shape index (κ3) is 6.55. The number of sulfonamides is 1. The fourth-order valence-electron chi connectivity index (χ4n) is 1.09. The molecule has 7 nitrogen and oxygen atoms in total. The Morgan fingerprint density at radius 2 is 1.78 bits per heavy atom. The molecule has 0 radical (unpaired) electrons. The van der Waals surface area contributed by atoms with Crippen LogP contribution in [0.3, 0.4) is 0 Å². The molecule has 0 unspecified atom stereocenters. The summed E-state index contributed by atoms with van der Waals surface area (Å²) in [5.41, 5.74) is 0. The molecule has 0 aliphatic heterocycles. The van der Waals surface area contributed by atoms with Gasteiger partial charge >= 0.3 is 11.9 Å². The Labute approximate surface area is 107 Å². The summed E-state index contributed by atoms with van der Waals surface area (Å²) in [5.74, 6) is -1.37. The van der Waals surface area contributed by atoms with Crippen LogP contribution in [-0.4, -0.2) is 57.7 Å². The maximum absolute atomic E-state index is 11.7. The third-order valence-corrected chi connectivity index (χ3v) is 4.06. The van der Waals surface area contributed by atoms with Gasteiger partial charge in [-0.05, 0) is 6.92 Å². The summed E-state index contributed by atoms with van der Waals surface area (Å²) in [5, 5.41) is 0. The minimum atomic E-state index is -3.55. The van der Waals surface area contributed by atoms with Crippen LogP contribution >= 0.6 is 0 Å². The number of rotatable bonds is 8. The maximum Gasteiger partial charge on any atom is 0.307 e. The fourth-order valence-corrected chi connectivity index (χ4v) is 2.20. The largest absolute Gasteiger partial charge is 0.469 e. The lowest BCUT2D eigenvalue weighted by Crippen LogP contribution is -2.32. The zero-order valence-corrected chi connectivity index (χ0v) is 11.7. The van der Waals surface area contributed by atoms with Gasteiger partial charge in [0.05, 0.1) is 32.3 Å². The average Bonchev–Trinajstić information content (AvgIpc) is 2.33. The van der Waals surface area contributed by atoms with Crippen molar-refractivity contribution < 1.29 is 27.5 Å². The third-order valence-electron chi connectivity index (χ3n) is 2.20. The lowest BCUT2D eigenvalue weighted by Gasteiger charge is -2.16. The van der Waals surface area contributed by atoms with Gasteiger partial charge in [-0.3, -0.25) is 9.59 Å². The van der Waals surface area contributed by atoms with Crippen molar-refractivity contribution in [1.29, 1.82) is 0 Å². The second-order valence-corrected chi connectivity index (χ2v) is 5.71. The van der Waals surface area contributed by atoms with Crippen molar-refractivity contribution in [3.05, 3.63) is 0 Å². The minimum Gasteiger partial charge on any atom is -0.469 e. The van der Waals surface area contributed by atoms with E-state index in [9.17, 15) is 18.0 Å². The standard InChI is InChI=1S/C10H19NO6S/c1-4-17-10(13)5-7-11(2)18(14,15)8-6-9(12)16-3/h4-8H2,1-3H3. The predicted molar refractivity (Wildman–Crippen MR) is 64.3 cm³/mol. The molecule has 0 atom stereocenters. The molecule has 0 bridgehead atoms. The molecule has 8 heteroatoms. The molecule has 0 fully saturated rings. The molecule has 18 heavy (non-hydrogen) atoms. The van der Waals surface area contributed by atoms with E-state index in [4.69, 9.17) is 0 Å². The van der Waals surface area contributed by atoms with Gasteiger partial charge in [0, 0.05) is 13.6 Å². The number of hydrogen-bond acceptors (Lipinski definition) is 6. The van der Waals surface area contributed by atoms with E-state index in [0.29, 0.717) is 0 Å². The predicted octanol–water partition coefficient (Wildman–Crippen LogP) is -0.236. The van der Waals surface area contributed by atoms with Gasteiger partial charge in [0.15, 0.2) is 0 Å². The van der Waals surface area contributed by atoms with Crippen LogP contribution in [0, 0.1) is 0 Å². The van der Waals surface area contributed by atoms with Gasteiger partial charge in [0.25, 0.3) is 0 Å². The van der Waals surface area contributed by atoms with Crippen molar-refractivity contribution in [3.63, 3.8) is 0 Å². The van der Waals surface area contributed by atoms with Gasteiger partial charge < -0.3 is 9.47 Å². The fraction of sp³-hybridized carbons (Fsp3) is 0.800. The number of esters is 2. The van der Waals surface area contributed by atoms with E-state index in [1.807, 2.05) is 0 Å². The van der Waals surface area contributed by atoms with Gasteiger partial charge in [-0.15, -0.1) is 0 Å². The van der Waals surface area contributed by atoms with E-state index in [1.54, 1.807) is 6.92 Å². The first-order valence-electron chi connectivity index (χ1n) is 5.50. The van der Waals surface area contributed by atoms with Crippen LogP contribution in [0.2, 0.25) is 0 Å². The van der Waals surface area contributed by atoms with Crippen molar-refractivity contribution in [2.24, 2.45) is 0 Å². The molecule has 0 aliphatic carbocycles. The SMILES string of the molecule is CCOC(=O)CCN(C)S(=O)(=O)CCC(=O)OC. The Hall–Kier alpha value is -1.15. The number of methoxy groups -OCH3 is 1. The number of hydrogen-bond donors (Lipinski definition) is 0. The molecular weight excluding hydrogens is 262 g/mol. The molecule has 0 spiro atoms. The summed E-state index contributed by atoms with van der Waals surface area (Å²) in [4.78, 5) is 21.9. The Kier molecular flexibility index (Phi) is 7.53. The quantitative estimate of drug-likeness (QED) is 0.571. The number of nitrogens with zero attached hydrogens (tertiary/aromatic N) is 1. The number of carbonyl (C=O) groups is 2. The van der Waals surface area contributed by atoms with Gasteiger partial charge in [0.1, 0.15) is 0 Å². The van der Waals surface area contributed by atoms with Gasteiger partial charge in [-0.2, -0.15) is 0 Å². The second kappa shape index (κ2) is 8.04. The van der Waals surface area contributed by atoms with E-state index in [0.717, 1.165) is 4.31 Å². The van der Waals surface area contributed by atoms with Gasteiger partial charge in [0.2, 0.25) is 10.0 Å². The minimum absolute atomic E-state index is 0.0121. The summed E-state index contributed by atoms with van der Waals surface area (Å²) < 4.78 is 33.5. The van der Waals surface area contributed by atoms with E-state index in [2.05, 4.69) is 9.47 Å². The molecule has 0 aromatic heterocycles. The first kappa shape index (κ1) is 16.9. The molecule has 0 amide bonds. The average molecular weight is 281 g/mol. The van der Waals surface area contributed by atoms with E-state index in [-0.39, 0.29) is 31.7 Å². The van der Waals surface area contributed by atoms with E-state index < -0.39 is 22.0 Å². The topological polar surface area (TPSA) is 90.0 Å². The molecular formula is C10H19NO6S. The monoisotopic (exact) mass is 281 g/mol. The molecule has 106 valence electrons. The second-order valence-electron chi connectivity index (χ2n) is 3.52. The van der Waals surface area contributed by atoms with Crippen molar-refractivity contribution in [1.82, 2.24) is 4.31 Å². The molecule has 0 heterocycles. The lowest BCUT2D eigenvalue weighted by molar-refractivity contribution is -0.143. The highest BCUT2D eigenvalue weighted by atomic mass is 32.2. The van der Waals surface area contributed by atoms with Gasteiger partial charge in [-0.25, -0.2) is 12.7 Å². The molecule has 0 rings (SSSR count). The van der Waals surface area contributed by atoms with Gasteiger partial charge in [-0.1, -0.05) is 0 Å². The lowest BCUT2D eigenvalue weighted by atomic mass is 10.4. The van der Waals surface area contributed by atoms with E-state index in [1.165, 1.54) is 14.2 Å². The van der Waals surface area contributed by atoms with Crippen molar-refractivity contribution in [3.8, 4) is 0 Å². The van der Waals surface area contributed by atoms with Crippen LogP contribution in [-0.2, 0) is 29.1 Å². The summed E-state index contributed by atoms with van der Waals surface area (Å²) in [6.07, 6.45) is -0.218. The summed E-state index contributed by atoms with van der Waals surface area (Å²) >= 11 is 0. The molecule has 0 aliphatic rings. The molecule has 0 saturated carbocycles. The zero-order chi connectivity index (χ0) is 14.2. The first-order valence-corrected chi connectivity index (χ1v) is 7.10. The molecule has 0 saturated heterocycles. The highest BCUT2D eigenvalue weighted by Gasteiger charge is 2.20. The zero-order valence-electron chi connectivity index (χ0n) is 10.8. The van der Waals surface area contributed by atoms with Crippen LogP contribution in [0.15, 0.2) is 0 Å². The summed E-state index contributed by atoms with van der Waals surface area (Å²) in [7, 11) is -1.00. The molecule has 0 aromatic carbocycles. The number of ether oxygens (including phenoxy) is 2.